The Morgan fingerprint density at radius 1 is 1.00 bits per heavy atom. The number of phenols is 1. The van der Waals surface area contributed by atoms with Gasteiger partial charge in [-0.3, -0.25) is 19.3 Å². The quantitative estimate of drug-likeness (QED) is 0.0971. The van der Waals surface area contributed by atoms with Crippen LogP contribution in [0.4, 0.5) is 17.1 Å². The number of hydrogen-bond acceptors (Lipinski definition) is 15. The van der Waals surface area contributed by atoms with Crippen molar-refractivity contribution in [3.8, 4) is 17.2 Å². The van der Waals surface area contributed by atoms with Gasteiger partial charge in [-0.1, -0.05) is 26.7 Å². The topological polar surface area (TPSA) is 237 Å². The summed E-state index contributed by atoms with van der Waals surface area (Å²) in [6.07, 6.45) is 1.55. The molecule has 1 heterocycles. The van der Waals surface area contributed by atoms with Crippen LogP contribution >= 0.6 is 0 Å². The SMILES string of the molecule is CCCCOc1cc(N2CCOCC2)c(OCCCC)cc1N=Nc1ccc(O)c2c1C[C@@H]1C(=C(O)[C@]3(O)C(=O)C(C(N)=O)=C(O)[C@@H](N(C)C)[C@@H]3[C@H]1O)C2=O. The van der Waals surface area contributed by atoms with E-state index in [9.17, 15) is 39.9 Å². The maximum Gasteiger partial charge on any atom is 0.255 e. The van der Waals surface area contributed by atoms with Gasteiger partial charge in [0.1, 0.15) is 40.0 Å². The van der Waals surface area contributed by atoms with Crippen LogP contribution in [0, 0.1) is 11.8 Å². The number of anilines is 1. The lowest BCUT2D eigenvalue weighted by Crippen LogP contribution is -2.68. The number of Topliss-reactive ketones (excluding diaryl/α,β-unsaturated/α-hetero) is 2. The molecular weight excluding hydrogens is 714 g/mol. The van der Waals surface area contributed by atoms with Gasteiger partial charge in [0, 0.05) is 36.7 Å². The number of nitrogens with zero attached hydrogens (tertiary/aromatic N) is 4. The van der Waals surface area contributed by atoms with Crippen molar-refractivity contribution in [2.45, 2.75) is 63.7 Å². The summed E-state index contributed by atoms with van der Waals surface area (Å²) in [5.74, 6) is -7.96. The minimum atomic E-state index is -3.00. The van der Waals surface area contributed by atoms with Crippen molar-refractivity contribution in [1.82, 2.24) is 4.90 Å². The lowest BCUT2D eigenvalue weighted by molar-refractivity contribution is -0.161. The molecule has 6 rings (SSSR count). The molecule has 0 unspecified atom stereocenters. The molecule has 5 atom stereocenters. The Balaban J connectivity index is 1.45. The number of hydrogen-bond donors (Lipinski definition) is 6. The number of benzene rings is 2. The highest BCUT2D eigenvalue weighted by Crippen LogP contribution is 2.53. The molecule has 0 aromatic heterocycles. The summed E-state index contributed by atoms with van der Waals surface area (Å²) in [5.41, 5.74) is 2.21. The first-order valence-corrected chi connectivity index (χ1v) is 18.6. The molecule has 16 nitrogen and oxygen atoms in total. The number of aromatic hydroxyl groups is 1. The van der Waals surface area contributed by atoms with E-state index in [0.717, 1.165) is 31.4 Å². The number of amides is 1. The van der Waals surface area contributed by atoms with E-state index in [0.29, 0.717) is 56.7 Å². The van der Waals surface area contributed by atoms with Gasteiger partial charge in [-0.05, 0) is 51.1 Å². The highest BCUT2D eigenvalue weighted by molar-refractivity contribution is 6.25. The molecule has 1 fully saturated rings. The number of aliphatic hydroxyl groups is 4. The van der Waals surface area contributed by atoms with Crippen LogP contribution in [-0.4, -0.2) is 119 Å². The van der Waals surface area contributed by atoms with E-state index in [1.165, 1.54) is 31.1 Å². The molecular formula is C39H49N5O11. The highest BCUT2D eigenvalue weighted by Gasteiger charge is 2.66. The number of phenolic OH excluding ortho intramolecular Hbond substituents is 1. The minimum absolute atomic E-state index is 0.167. The van der Waals surface area contributed by atoms with E-state index < -0.39 is 75.5 Å². The van der Waals surface area contributed by atoms with Crippen molar-refractivity contribution in [2.24, 2.45) is 27.8 Å². The Kier molecular flexibility index (Phi) is 11.5. The third-order valence-corrected chi connectivity index (χ3v) is 10.8. The van der Waals surface area contributed by atoms with E-state index in [2.05, 4.69) is 29.0 Å². The lowest BCUT2D eigenvalue weighted by atomic mass is 9.57. The molecule has 0 saturated carbocycles. The molecule has 0 spiro atoms. The Morgan fingerprint density at radius 2 is 1.64 bits per heavy atom. The van der Waals surface area contributed by atoms with Gasteiger partial charge in [-0.25, -0.2) is 0 Å². The Bertz CT molecular complexity index is 1950. The second-order valence-electron chi connectivity index (χ2n) is 14.5. The van der Waals surface area contributed by atoms with Gasteiger partial charge in [0.15, 0.2) is 11.4 Å². The predicted octanol–water partition coefficient (Wildman–Crippen LogP) is 3.70. The predicted molar refractivity (Wildman–Crippen MR) is 200 cm³/mol. The summed E-state index contributed by atoms with van der Waals surface area (Å²) in [7, 11) is 2.95. The number of ether oxygens (including phenoxy) is 3. The van der Waals surface area contributed by atoms with Crippen LogP contribution in [0.2, 0.25) is 0 Å². The van der Waals surface area contributed by atoms with Crippen molar-refractivity contribution in [2.75, 3.05) is 58.5 Å². The van der Waals surface area contributed by atoms with Gasteiger partial charge in [-0.15, -0.1) is 5.11 Å². The van der Waals surface area contributed by atoms with Crippen molar-refractivity contribution >= 4 is 34.5 Å². The van der Waals surface area contributed by atoms with E-state index in [1.807, 2.05) is 6.07 Å². The Hall–Kier alpha value is -5.03. The largest absolute Gasteiger partial charge is 0.510 e. The van der Waals surface area contributed by atoms with E-state index in [1.54, 1.807) is 6.07 Å². The molecule has 3 aliphatic carbocycles. The number of rotatable bonds is 13. The molecule has 1 aliphatic heterocycles. The van der Waals surface area contributed by atoms with Gasteiger partial charge < -0.3 is 50.4 Å². The lowest BCUT2D eigenvalue weighted by Gasteiger charge is -2.52. The van der Waals surface area contributed by atoms with Gasteiger partial charge in [0.05, 0.1) is 61.4 Å². The number of carbonyl (C=O) groups is 3. The highest BCUT2D eigenvalue weighted by atomic mass is 16.5. The van der Waals surface area contributed by atoms with Gasteiger partial charge in [0.25, 0.3) is 5.91 Å². The number of morpholine rings is 1. The zero-order valence-electron chi connectivity index (χ0n) is 31.4. The number of primary amides is 1. The summed E-state index contributed by atoms with van der Waals surface area (Å²) >= 11 is 0. The van der Waals surface area contributed by atoms with Gasteiger partial charge in [-0.2, -0.15) is 5.11 Å². The monoisotopic (exact) mass is 763 g/mol. The molecule has 1 amide bonds. The van der Waals surface area contributed by atoms with Crippen LogP contribution in [0.1, 0.15) is 55.5 Å². The number of unbranched alkanes of at least 4 members (excludes halogenated alkanes) is 2. The summed E-state index contributed by atoms with van der Waals surface area (Å²) < 4.78 is 18.0. The van der Waals surface area contributed by atoms with Crippen LogP contribution in [0.5, 0.6) is 17.2 Å². The molecule has 1 saturated heterocycles. The van der Waals surface area contributed by atoms with Crippen molar-refractivity contribution in [3.05, 3.63) is 58.1 Å². The summed E-state index contributed by atoms with van der Waals surface area (Å²) in [6, 6.07) is 4.97. The fourth-order valence-corrected chi connectivity index (χ4v) is 8.00. The van der Waals surface area contributed by atoms with Gasteiger partial charge in [0.2, 0.25) is 5.78 Å². The van der Waals surface area contributed by atoms with Crippen molar-refractivity contribution in [3.63, 3.8) is 0 Å². The molecule has 2 aromatic carbocycles. The fraction of sp³-hybridized carbons (Fsp3) is 0.513. The standard InChI is InChI=1S/C39H49N5O11/c1-5-7-13-54-26-19-24(44-11-15-53-16-12-44)27(55-14-8-6-2)18-23(26)42-41-22-9-10-25(45)28-20(22)17-21-29(34(28)47)36(49)39(52)31(33(21)46)32(43(3)4)35(48)30(37(39)50)38(40)51/h9-10,18-19,21,31-33,45-46,48-49,52H,5-8,11-17H2,1-4H3,(H2,40,51)/t21-,31-,32+,33+,39+/m1/s1. The molecule has 7 N–H and O–H groups in total. The van der Waals surface area contributed by atoms with Crippen LogP contribution in [0.25, 0.3) is 0 Å². The molecule has 0 radical (unpaired) electrons. The first kappa shape index (κ1) is 39.7. The number of fused-ring (bicyclic) bond motifs is 3. The zero-order chi connectivity index (χ0) is 39.8. The average Bonchev–Trinajstić information content (AvgIpc) is 3.15. The van der Waals surface area contributed by atoms with Crippen LogP contribution < -0.4 is 20.1 Å². The second-order valence-corrected chi connectivity index (χ2v) is 14.5. The second kappa shape index (κ2) is 16.0. The third-order valence-electron chi connectivity index (χ3n) is 10.8. The minimum Gasteiger partial charge on any atom is -0.510 e. The molecule has 296 valence electrons. The smallest absolute Gasteiger partial charge is 0.255 e. The number of nitrogens with two attached hydrogens (primary N) is 1. The normalized spacial score (nSPS) is 25.3. The van der Waals surface area contributed by atoms with E-state index in [-0.39, 0.29) is 23.2 Å². The fourth-order valence-electron chi connectivity index (χ4n) is 8.00. The molecule has 55 heavy (non-hydrogen) atoms. The average molecular weight is 764 g/mol. The summed E-state index contributed by atoms with van der Waals surface area (Å²) in [4.78, 5) is 43.7. The number of aliphatic hydroxyl groups excluding tert-OH is 3. The number of ketones is 2. The van der Waals surface area contributed by atoms with Crippen LogP contribution in [0.3, 0.4) is 0 Å². The summed E-state index contributed by atoms with van der Waals surface area (Å²) in [6.45, 7) is 7.49. The van der Waals surface area contributed by atoms with Crippen molar-refractivity contribution < 1.29 is 54.1 Å². The van der Waals surface area contributed by atoms with E-state index in [4.69, 9.17) is 19.9 Å². The molecule has 4 aliphatic rings. The molecule has 16 heteroatoms. The van der Waals surface area contributed by atoms with E-state index >= 15 is 0 Å². The zero-order valence-corrected chi connectivity index (χ0v) is 31.4. The molecule has 2 aromatic rings. The van der Waals surface area contributed by atoms with Gasteiger partial charge >= 0.3 is 0 Å². The van der Waals surface area contributed by atoms with Crippen molar-refractivity contribution in [1.29, 1.82) is 0 Å². The Labute approximate surface area is 318 Å². The van der Waals surface area contributed by atoms with Crippen LogP contribution in [0.15, 0.2) is 57.2 Å². The summed E-state index contributed by atoms with van der Waals surface area (Å²) in [5, 5.41) is 66.6. The third kappa shape index (κ3) is 6.92. The maximum atomic E-state index is 14.2. The Morgan fingerprint density at radius 3 is 2.25 bits per heavy atom. The number of likely N-dealkylation sites (N-methyl/N-ethyl adjacent to an activating group) is 1. The maximum absolute atomic E-state index is 14.2. The first-order valence-electron chi connectivity index (χ1n) is 18.6. The number of azo groups is 1. The first-order chi connectivity index (χ1) is 26.3. The van der Waals surface area contributed by atoms with Crippen LogP contribution in [-0.2, 0) is 20.7 Å². The number of carbonyl (C=O) groups excluding carboxylic acids is 3. The molecule has 0 bridgehead atoms.